The van der Waals surface area contributed by atoms with Crippen molar-refractivity contribution in [2.75, 3.05) is 6.67 Å². The molecule has 0 bridgehead atoms. The summed E-state index contributed by atoms with van der Waals surface area (Å²) < 4.78 is 18.6. The normalized spacial score (nSPS) is 17.8. The van der Waals surface area contributed by atoms with Gasteiger partial charge in [-0.15, -0.1) is 0 Å². The molecule has 2 aromatic carbocycles. The van der Waals surface area contributed by atoms with E-state index in [0.717, 1.165) is 16.3 Å². The van der Waals surface area contributed by atoms with Crippen molar-refractivity contribution in [3.8, 4) is 0 Å². The third-order valence-corrected chi connectivity index (χ3v) is 6.77. The molecule has 3 aromatic rings. The molecule has 7 nitrogen and oxygen atoms in total. The minimum atomic E-state index is -1.35. The minimum absolute atomic E-state index is 0.0262. The van der Waals surface area contributed by atoms with Gasteiger partial charge in [-0.1, -0.05) is 73.6 Å². The van der Waals surface area contributed by atoms with Crippen LogP contribution in [0, 0.1) is 11.8 Å². The average molecular weight is 505 g/mol. The molecule has 1 aromatic heterocycles. The second kappa shape index (κ2) is 11.4. The number of benzene rings is 2. The van der Waals surface area contributed by atoms with Crippen LogP contribution in [0.15, 0.2) is 72.0 Å². The van der Waals surface area contributed by atoms with Crippen LogP contribution >= 0.6 is 0 Å². The first kappa shape index (κ1) is 26.1. The predicted molar refractivity (Wildman–Crippen MR) is 137 cm³/mol. The van der Waals surface area contributed by atoms with Crippen LogP contribution in [0.2, 0.25) is 0 Å². The fraction of sp³-hybridized carbons (Fsp3) is 0.345. The van der Waals surface area contributed by atoms with E-state index in [4.69, 9.17) is 9.57 Å². The van der Waals surface area contributed by atoms with Crippen molar-refractivity contribution < 1.29 is 28.3 Å². The zero-order valence-electron chi connectivity index (χ0n) is 20.9. The number of rotatable bonds is 11. The van der Waals surface area contributed by atoms with Gasteiger partial charge in [0.05, 0.1) is 12.1 Å². The van der Waals surface area contributed by atoms with E-state index in [2.05, 4.69) is 10.1 Å². The maximum atomic E-state index is 13.6. The first-order chi connectivity index (χ1) is 17.8. The first-order valence-corrected chi connectivity index (χ1v) is 12.2. The standard InChI is InChI=1S/C29H29FN2O5/c1-19(2)29(16-24(32-37-29)28-23-11-7-6-10-21(23)12-13-31-28)26(34)14-22(25(33)17-30)15-27(35)36-18-20-8-4-3-5-9-20/h3-13,19,22H,14-18H2,1-2H3/t22-,29+/m0/s1. The van der Waals surface area contributed by atoms with Gasteiger partial charge in [0.25, 0.3) is 0 Å². The van der Waals surface area contributed by atoms with E-state index in [1.165, 1.54) is 0 Å². The van der Waals surface area contributed by atoms with Crippen molar-refractivity contribution in [3.63, 3.8) is 0 Å². The smallest absolute Gasteiger partial charge is 0.306 e. The molecule has 192 valence electrons. The summed E-state index contributed by atoms with van der Waals surface area (Å²) in [5.74, 6) is -3.36. The average Bonchev–Trinajstić information content (AvgIpc) is 3.38. The lowest BCUT2D eigenvalue weighted by molar-refractivity contribution is -0.152. The summed E-state index contributed by atoms with van der Waals surface area (Å²) in [6.45, 7) is 2.40. The Morgan fingerprint density at radius 1 is 1.03 bits per heavy atom. The number of halogens is 1. The molecule has 0 N–H and O–H groups in total. The molecule has 0 saturated carbocycles. The Labute approximate surface area is 214 Å². The van der Waals surface area contributed by atoms with E-state index in [1.54, 1.807) is 18.3 Å². The third kappa shape index (κ3) is 5.74. The number of ether oxygens (including phenoxy) is 1. The largest absolute Gasteiger partial charge is 0.461 e. The lowest BCUT2D eigenvalue weighted by Gasteiger charge is -2.30. The molecule has 0 spiro atoms. The van der Waals surface area contributed by atoms with E-state index in [0.29, 0.717) is 11.4 Å². The van der Waals surface area contributed by atoms with Gasteiger partial charge in [-0.25, -0.2) is 4.39 Å². The summed E-state index contributed by atoms with van der Waals surface area (Å²) >= 11 is 0. The molecule has 37 heavy (non-hydrogen) atoms. The summed E-state index contributed by atoms with van der Waals surface area (Å²) in [6.07, 6.45) is 1.08. The van der Waals surface area contributed by atoms with Gasteiger partial charge in [0, 0.05) is 36.3 Å². The van der Waals surface area contributed by atoms with Gasteiger partial charge in [0.15, 0.2) is 11.6 Å². The highest BCUT2D eigenvalue weighted by molar-refractivity contribution is 6.12. The molecule has 0 aliphatic carbocycles. The molecule has 0 saturated heterocycles. The number of alkyl halides is 1. The molecule has 0 radical (unpaired) electrons. The summed E-state index contributed by atoms with van der Waals surface area (Å²) in [6, 6.07) is 18.7. The number of hydrogen-bond acceptors (Lipinski definition) is 7. The second-order valence-electron chi connectivity index (χ2n) is 9.51. The zero-order valence-corrected chi connectivity index (χ0v) is 20.9. The van der Waals surface area contributed by atoms with Gasteiger partial charge in [0.2, 0.25) is 5.60 Å². The predicted octanol–water partition coefficient (Wildman–Crippen LogP) is 5.00. The van der Waals surface area contributed by atoms with Gasteiger partial charge in [-0.05, 0) is 17.0 Å². The van der Waals surface area contributed by atoms with Crippen LogP contribution in [0.1, 0.15) is 44.4 Å². The molecule has 0 fully saturated rings. The maximum Gasteiger partial charge on any atom is 0.306 e. The quantitative estimate of drug-likeness (QED) is 0.341. The summed E-state index contributed by atoms with van der Waals surface area (Å²) in [5.41, 5.74) is 0.574. The Kier molecular flexibility index (Phi) is 8.06. The second-order valence-corrected chi connectivity index (χ2v) is 9.51. The van der Waals surface area contributed by atoms with Crippen LogP contribution in [0.25, 0.3) is 10.8 Å². The molecule has 8 heteroatoms. The van der Waals surface area contributed by atoms with Crippen molar-refractivity contribution >= 4 is 34.0 Å². The van der Waals surface area contributed by atoms with E-state index < -0.39 is 42.2 Å². The lowest BCUT2D eigenvalue weighted by atomic mass is 9.77. The summed E-state index contributed by atoms with van der Waals surface area (Å²) in [7, 11) is 0. The van der Waals surface area contributed by atoms with Crippen molar-refractivity contribution in [2.45, 2.75) is 45.3 Å². The number of hydrogen-bond donors (Lipinski definition) is 0. The Morgan fingerprint density at radius 3 is 2.49 bits per heavy atom. The number of carbonyl (C=O) groups is 3. The van der Waals surface area contributed by atoms with Crippen molar-refractivity contribution in [1.29, 1.82) is 0 Å². The highest BCUT2D eigenvalue weighted by atomic mass is 19.1. The van der Waals surface area contributed by atoms with Gasteiger partial charge >= 0.3 is 5.97 Å². The maximum absolute atomic E-state index is 13.6. The van der Waals surface area contributed by atoms with Crippen molar-refractivity contribution in [3.05, 3.63) is 78.1 Å². The summed E-state index contributed by atoms with van der Waals surface area (Å²) in [5, 5.41) is 6.09. The topological polar surface area (TPSA) is 94.9 Å². The Hall–Kier alpha value is -3.94. The van der Waals surface area contributed by atoms with E-state index >= 15 is 0 Å². The van der Waals surface area contributed by atoms with Gasteiger partial charge < -0.3 is 9.57 Å². The van der Waals surface area contributed by atoms with E-state index in [9.17, 15) is 18.8 Å². The molecule has 2 heterocycles. The fourth-order valence-corrected chi connectivity index (χ4v) is 4.51. The van der Waals surface area contributed by atoms with Crippen LogP contribution in [0.4, 0.5) is 4.39 Å². The van der Waals surface area contributed by atoms with Crippen LogP contribution in [0.3, 0.4) is 0 Å². The molecule has 4 rings (SSSR count). The number of carbonyl (C=O) groups excluding carboxylic acids is 3. The first-order valence-electron chi connectivity index (χ1n) is 12.2. The van der Waals surface area contributed by atoms with Crippen LogP contribution in [-0.2, 0) is 30.6 Å². The Bertz CT molecular complexity index is 1320. The highest BCUT2D eigenvalue weighted by Gasteiger charge is 2.50. The number of fused-ring (bicyclic) bond motifs is 1. The summed E-state index contributed by atoms with van der Waals surface area (Å²) in [4.78, 5) is 48.7. The molecule has 1 aliphatic heterocycles. The lowest BCUT2D eigenvalue weighted by Crippen LogP contribution is -2.45. The number of ketones is 2. The zero-order chi connectivity index (χ0) is 26.4. The SMILES string of the molecule is CC(C)[C@@]1(C(=O)C[C@@H](CC(=O)OCc2ccccc2)C(=O)CF)CC(c2nccc3ccccc23)=NO1. The van der Waals surface area contributed by atoms with Crippen molar-refractivity contribution in [1.82, 2.24) is 4.98 Å². The van der Waals surface area contributed by atoms with Crippen molar-refractivity contribution in [2.24, 2.45) is 17.0 Å². The molecule has 2 atom stereocenters. The molecule has 0 amide bonds. The number of nitrogens with zero attached hydrogens (tertiary/aromatic N) is 2. The van der Waals surface area contributed by atoms with Gasteiger partial charge in [-0.2, -0.15) is 0 Å². The Balaban J connectivity index is 1.48. The molecular formula is C29H29FN2O5. The molecular weight excluding hydrogens is 475 g/mol. The van der Waals surface area contributed by atoms with Crippen LogP contribution in [0.5, 0.6) is 0 Å². The monoisotopic (exact) mass is 504 g/mol. The molecule has 0 unspecified atom stereocenters. The third-order valence-electron chi connectivity index (χ3n) is 6.77. The molecule has 1 aliphatic rings. The highest BCUT2D eigenvalue weighted by Crippen LogP contribution is 2.37. The minimum Gasteiger partial charge on any atom is -0.461 e. The number of esters is 1. The number of pyridine rings is 1. The number of oxime groups is 1. The van der Waals surface area contributed by atoms with Crippen LogP contribution in [-0.4, -0.2) is 40.5 Å². The van der Waals surface area contributed by atoms with E-state index in [-0.39, 0.29) is 25.4 Å². The van der Waals surface area contributed by atoms with Gasteiger partial charge in [0.1, 0.15) is 19.0 Å². The Morgan fingerprint density at radius 2 is 1.76 bits per heavy atom. The van der Waals surface area contributed by atoms with Gasteiger partial charge in [-0.3, -0.25) is 19.4 Å². The number of aromatic nitrogens is 1. The van der Waals surface area contributed by atoms with Crippen LogP contribution < -0.4 is 0 Å². The van der Waals surface area contributed by atoms with E-state index in [1.807, 2.05) is 62.4 Å². The fourth-order valence-electron chi connectivity index (χ4n) is 4.51. The number of Topliss-reactive ketones (excluding diaryl/α,β-unsaturated/α-hetero) is 2.